The van der Waals surface area contributed by atoms with E-state index in [9.17, 15) is 15.0 Å². The number of fused-ring (bicyclic) bond motifs is 5. The molecule has 0 bridgehead atoms. The molecule has 0 radical (unpaired) electrons. The Morgan fingerprint density at radius 2 is 1.82 bits per heavy atom. The first-order valence-electron chi connectivity index (χ1n) is 8.97. The second-order valence-corrected chi connectivity index (χ2v) is 8.69. The summed E-state index contributed by atoms with van der Waals surface area (Å²) in [6.07, 6.45) is 7.71. The van der Waals surface area contributed by atoms with Gasteiger partial charge in [-0.15, -0.1) is 0 Å². The second-order valence-electron chi connectivity index (χ2n) is 8.69. The average molecular weight is 304 g/mol. The zero-order chi connectivity index (χ0) is 15.7. The highest BCUT2D eigenvalue weighted by atomic mass is 16.3. The first kappa shape index (κ1) is 14.9. The van der Waals surface area contributed by atoms with Gasteiger partial charge in [0.25, 0.3) is 0 Å². The van der Waals surface area contributed by atoms with Gasteiger partial charge in [0.05, 0.1) is 12.2 Å². The Labute approximate surface area is 132 Å². The van der Waals surface area contributed by atoms with Crippen LogP contribution in [0, 0.1) is 28.6 Å². The van der Waals surface area contributed by atoms with Crippen LogP contribution in [0.25, 0.3) is 0 Å². The van der Waals surface area contributed by atoms with Gasteiger partial charge in [-0.3, -0.25) is 4.79 Å². The number of ketones is 1. The van der Waals surface area contributed by atoms with Gasteiger partial charge in [-0.1, -0.05) is 19.4 Å². The van der Waals surface area contributed by atoms with Crippen LogP contribution in [0.5, 0.6) is 0 Å². The lowest BCUT2D eigenvalue weighted by Gasteiger charge is -2.58. The summed E-state index contributed by atoms with van der Waals surface area (Å²) in [6, 6.07) is 0. The van der Waals surface area contributed by atoms with Crippen LogP contribution >= 0.6 is 0 Å². The minimum absolute atomic E-state index is 0.0776. The van der Waals surface area contributed by atoms with E-state index in [1.54, 1.807) is 0 Å². The van der Waals surface area contributed by atoms with E-state index in [-0.39, 0.29) is 29.1 Å². The number of carbonyl (C=O) groups is 1. The molecule has 7 atom stereocenters. The van der Waals surface area contributed by atoms with Gasteiger partial charge in [0, 0.05) is 11.8 Å². The van der Waals surface area contributed by atoms with Crippen molar-refractivity contribution in [2.45, 2.75) is 71.0 Å². The van der Waals surface area contributed by atoms with E-state index < -0.39 is 6.10 Å². The maximum Gasteiger partial charge on any atom is 0.158 e. The van der Waals surface area contributed by atoms with Crippen molar-refractivity contribution in [3.63, 3.8) is 0 Å². The minimum Gasteiger partial charge on any atom is -0.393 e. The van der Waals surface area contributed by atoms with Crippen molar-refractivity contribution in [3.8, 4) is 0 Å². The van der Waals surface area contributed by atoms with Crippen molar-refractivity contribution in [2.75, 3.05) is 0 Å². The molecule has 0 aromatic carbocycles. The molecule has 3 saturated carbocycles. The molecule has 22 heavy (non-hydrogen) atoms. The van der Waals surface area contributed by atoms with Crippen LogP contribution in [0.2, 0.25) is 0 Å². The smallest absolute Gasteiger partial charge is 0.158 e. The average Bonchev–Trinajstić information content (AvgIpc) is 2.77. The van der Waals surface area contributed by atoms with Gasteiger partial charge in [0.1, 0.15) is 0 Å². The summed E-state index contributed by atoms with van der Waals surface area (Å²) in [5.41, 5.74) is 1.06. The molecule has 0 aliphatic heterocycles. The van der Waals surface area contributed by atoms with Gasteiger partial charge in [-0.2, -0.15) is 0 Å². The Kier molecular flexibility index (Phi) is 3.16. The molecule has 0 saturated heterocycles. The molecule has 0 aromatic rings. The molecule has 4 aliphatic carbocycles. The molecular weight excluding hydrogens is 276 g/mol. The Bertz CT molecular complexity index is 539. The summed E-state index contributed by atoms with van der Waals surface area (Å²) in [4.78, 5) is 11.8. The highest BCUT2D eigenvalue weighted by Gasteiger charge is 2.60. The molecule has 4 rings (SSSR count). The van der Waals surface area contributed by atoms with Crippen LogP contribution in [0.15, 0.2) is 11.6 Å². The third-order valence-corrected chi connectivity index (χ3v) is 8.02. The largest absolute Gasteiger partial charge is 0.393 e. The van der Waals surface area contributed by atoms with Gasteiger partial charge >= 0.3 is 0 Å². The quantitative estimate of drug-likeness (QED) is 0.723. The molecule has 3 fully saturated rings. The molecule has 0 heterocycles. The zero-order valence-corrected chi connectivity index (χ0v) is 13.7. The summed E-state index contributed by atoms with van der Waals surface area (Å²) in [7, 11) is 0. The predicted molar refractivity (Wildman–Crippen MR) is 84.1 cm³/mol. The molecule has 122 valence electrons. The molecule has 3 heteroatoms. The third kappa shape index (κ3) is 1.73. The molecule has 3 nitrogen and oxygen atoms in total. The lowest BCUT2D eigenvalue weighted by atomic mass is 9.47. The van der Waals surface area contributed by atoms with Crippen molar-refractivity contribution in [1.82, 2.24) is 0 Å². The van der Waals surface area contributed by atoms with E-state index in [1.807, 2.05) is 6.08 Å². The van der Waals surface area contributed by atoms with Crippen molar-refractivity contribution in [2.24, 2.45) is 28.6 Å². The lowest BCUT2D eigenvalue weighted by molar-refractivity contribution is -0.129. The lowest BCUT2D eigenvalue weighted by Crippen LogP contribution is -2.55. The van der Waals surface area contributed by atoms with Crippen LogP contribution in [0.3, 0.4) is 0 Å². The molecule has 2 unspecified atom stereocenters. The highest BCUT2D eigenvalue weighted by Crippen LogP contribution is 2.65. The van der Waals surface area contributed by atoms with E-state index >= 15 is 0 Å². The van der Waals surface area contributed by atoms with E-state index in [1.165, 1.54) is 5.57 Å². The van der Waals surface area contributed by atoms with E-state index in [2.05, 4.69) is 13.8 Å². The van der Waals surface area contributed by atoms with Crippen molar-refractivity contribution in [1.29, 1.82) is 0 Å². The number of carbonyl (C=O) groups excluding carboxylic acids is 1. The fourth-order valence-corrected chi connectivity index (χ4v) is 6.58. The fourth-order valence-electron chi connectivity index (χ4n) is 6.58. The van der Waals surface area contributed by atoms with Gasteiger partial charge < -0.3 is 10.2 Å². The standard InChI is InChI=1S/C19H28O3/c1-18-8-7-15-13(14(18)5-6-16(18)21)4-3-11-9-12(20)10-17(22)19(11,15)2/h9,13-17,21-22H,3-8,10H2,1-2H3/t13-,14-,15+,16?,17?,18-,19-/m0/s1. The van der Waals surface area contributed by atoms with Gasteiger partial charge in [-0.25, -0.2) is 0 Å². The monoisotopic (exact) mass is 304 g/mol. The Hall–Kier alpha value is -0.670. The highest BCUT2D eigenvalue weighted by molar-refractivity contribution is 5.92. The summed E-state index contributed by atoms with van der Waals surface area (Å²) in [5, 5.41) is 21.2. The molecule has 2 N–H and O–H groups in total. The number of hydrogen-bond donors (Lipinski definition) is 2. The zero-order valence-electron chi connectivity index (χ0n) is 13.7. The molecular formula is C19H28O3. The Balaban J connectivity index is 1.72. The third-order valence-electron chi connectivity index (χ3n) is 8.02. The first-order chi connectivity index (χ1) is 10.4. The predicted octanol–water partition coefficient (Wildman–Crippen LogP) is 2.85. The van der Waals surface area contributed by atoms with Crippen LogP contribution < -0.4 is 0 Å². The molecule has 4 aliphatic rings. The summed E-state index contributed by atoms with van der Waals surface area (Å²) in [6.45, 7) is 4.47. The fraction of sp³-hybridized carbons (Fsp3) is 0.842. The van der Waals surface area contributed by atoms with E-state index in [0.29, 0.717) is 17.8 Å². The summed E-state index contributed by atoms with van der Waals surface area (Å²) >= 11 is 0. The van der Waals surface area contributed by atoms with Gasteiger partial charge in [0.15, 0.2) is 5.78 Å². The number of aliphatic hydroxyl groups excluding tert-OH is 2. The number of hydrogen-bond acceptors (Lipinski definition) is 3. The summed E-state index contributed by atoms with van der Waals surface area (Å²) < 4.78 is 0. The van der Waals surface area contributed by atoms with E-state index in [4.69, 9.17) is 0 Å². The van der Waals surface area contributed by atoms with Crippen molar-refractivity contribution < 1.29 is 15.0 Å². The summed E-state index contributed by atoms with van der Waals surface area (Å²) in [5.74, 6) is 1.75. The SMILES string of the molecule is C[C@]12CC[C@@H]3[C@@H](CCC4=CC(=O)CC(O)[C@@]43C)[C@@H]1CCC2O. The van der Waals surface area contributed by atoms with Gasteiger partial charge in [0.2, 0.25) is 0 Å². The van der Waals surface area contributed by atoms with Crippen LogP contribution in [0.1, 0.15) is 58.8 Å². The Morgan fingerprint density at radius 1 is 1.05 bits per heavy atom. The maximum absolute atomic E-state index is 11.8. The molecule has 0 amide bonds. The van der Waals surface area contributed by atoms with Crippen LogP contribution in [-0.2, 0) is 4.79 Å². The van der Waals surface area contributed by atoms with Crippen LogP contribution in [0.4, 0.5) is 0 Å². The first-order valence-corrected chi connectivity index (χ1v) is 8.97. The van der Waals surface area contributed by atoms with E-state index in [0.717, 1.165) is 38.5 Å². The number of aliphatic hydroxyl groups is 2. The molecule has 0 aromatic heterocycles. The van der Waals surface area contributed by atoms with Crippen molar-refractivity contribution >= 4 is 5.78 Å². The van der Waals surface area contributed by atoms with Crippen molar-refractivity contribution in [3.05, 3.63) is 11.6 Å². The normalized spacial score (nSPS) is 54.3. The van der Waals surface area contributed by atoms with Gasteiger partial charge in [-0.05, 0) is 67.8 Å². The Morgan fingerprint density at radius 3 is 2.59 bits per heavy atom. The van der Waals surface area contributed by atoms with Crippen LogP contribution in [-0.4, -0.2) is 28.2 Å². The topological polar surface area (TPSA) is 57.5 Å². The maximum atomic E-state index is 11.8. The second kappa shape index (κ2) is 4.67. The number of rotatable bonds is 0. The molecule has 0 spiro atoms. The minimum atomic E-state index is -0.525.